The molecule has 0 bridgehead atoms. The summed E-state index contributed by atoms with van der Waals surface area (Å²) >= 11 is 0. The number of rotatable bonds is 5. The predicted octanol–water partition coefficient (Wildman–Crippen LogP) is 1.31. The molecular weight excluding hydrogens is 260 g/mol. The van der Waals surface area contributed by atoms with E-state index in [1.165, 1.54) is 19.3 Å². The number of carboxylic acids is 1. The lowest BCUT2D eigenvalue weighted by Crippen LogP contribution is -2.65. The smallest absolute Gasteiger partial charge is 0.329 e. The minimum Gasteiger partial charge on any atom is -0.480 e. The van der Waals surface area contributed by atoms with Gasteiger partial charge in [-0.2, -0.15) is 0 Å². The third-order valence-electron chi connectivity index (χ3n) is 4.44. The number of ether oxygens (including phenoxy) is 1. The van der Waals surface area contributed by atoms with Crippen molar-refractivity contribution in [2.45, 2.75) is 38.7 Å². The molecule has 0 aromatic rings. The van der Waals surface area contributed by atoms with Crippen LogP contribution in [0, 0.1) is 11.8 Å². The molecule has 1 saturated heterocycles. The zero-order valence-electron chi connectivity index (χ0n) is 12.2. The number of amides is 2. The van der Waals surface area contributed by atoms with Crippen LogP contribution in [0.4, 0.5) is 4.79 Å². The zero-order chi connectivity index (χ0) is 14.8. The maximum absolute atomic E-state index is 12.0. The van der Waals surface area contributed by atoms with E-state index in [1.54, 1.807) is 4.90 Å². The van der Waals surface area contributed by atoms with E-state index in [1.807, 2.05) is 6.92 Å². The van der Waals surface area contributed by atoms with Gasteiger partial charge in [0.15, 0.2) is 0 Å². The van der Waals surface area contributed by atoms with Crippen molar-refractivity contribution in [1.82, 2.24) is 10.2 Å². The Morgan fingerprint density at radius 2 is 2.10 bits per heavy atom. The van der Waals surface area contributed by atoms with E-state index in [-0.39, 0.29) is 12.6 Å². The first kappa shape index (κ1) is 15.1. The maximum atomic E-state index is 12.0. The van der Waals surface area contributed by atoms with Crippen LogP contribution in [0.1, 0.15) is 33.1 Å². The number of nitrogens with zero attached hydrogens (tertiary/aromatic N) is 1. The van der Waals surface area contributed by atoms with Crippen LogP contribution in [-0.4, -0.2) is 53.8 Å². The second kappa shape index (κ2) is 5.99. The molecule has 1 aliphatic heterocycles. The summed E-state index contributed by atoms with van der Waals surface area (Å²) in [6.45, 7) is 5.40. The average molecular weight is 284 g/mol. The van der Waals surface area contributed by atoms with Gasteiger partial charge in [0.05, 0.1) is 13.1 Å². The van der Waals surface area contributed by atoms with Gasteiger partial charge in [-0.3, -0.25) is 0 Å². The molecule has 20 heavy (non-hydrogen) atoms. The number of hydrogen-bond acceptors (Lipinski definition) is 3. The topological polar surface area (TPSA) is 78.9 Å². The van der Waals surface area contributed by atoms with E-state index >= 15 is 0 Å². The molecule has 0 aromatic carbocycles. The second-order valence-electron chi connectivity index (χ2n) is 6.34. The Morgan fingerprint density at radius 1 is 1.40 bits per heavy atom. The Morgan fingerprint density at radius 3 is 2.65 bits per heavy atom. The third kappa shape index (κ3) is 3.62. The number of nitrogens with one attached hydrogen (secondary N) is 1. The fourth-order valence-electron chi connectivity index (χ4n) is 3.09. The van der Waals surface area contributed by atoms with E-state index in [0.717, 1.165) is 6.54 Å². The van der Waals surface area contributed by atoms with Crippen molar-refractivity contribution < 1.29 is 19.4 Å². The fourth-order valence-corrected chi connectivity index (χ4v) is 3.09. The van der Waals surface area contributed by atoms with Gasteiger partial charge in [-0.15, -0.1) is 0 Å². The van der Waals surface area contributed by atoms with Crippen LogP contribution >= 0.6 is 0 Å². The molecule has 6 nitrogen and oxygen atoms in total. The predicted molar refractivity (Wildman–Crippen MR) is 73.5 cm³/mol. The summed E-state index contributed by atoms with van der Waals surface area (Å²) in [5.41, 5.74) is -0.517. The van der Waals surface area contributed by atoms with Crippen LogP contribution in [0.25, 0.3) is 0 Å². The van der Waals surface area contributed by atoms with Crippen molar-refractivity contribution >= 4 is 12.0 Å². The Kier molecular flexibility index (Phi) is 4.52. The molecule has 2 fully saturated rings. The number of likely N-dealkylation sites (tertiary alicyclic amines) is 1. The van der Waals surface area contributed by atoms with Crippen molar-refractivity contribution in [1.29, 1.82) is 0 Å². The third-order valence-corrected chi connectivity index (χ3v) is 4.44. The number of aliphatic carboxylic acids is 1. The molecule has 2 aliphatic rings. The minimum atomic E-state index is -0.982. The highest BCUT2D eigenvalue weighted by molar-refractivity contribution is 5.75. The summed E-state index contributed by atoms with van der Waals surface area (Å²) in [7, 11) is 0. The monoisotopic (exact) mass is 284 g/mol. The molecule has 1 heterocycles. The van der Waals surface area contributed by atoms with Crippen LogP contribution < -0.4 is 5.32 Å². The number of carbonyl (C=O) groups excluding carboxylic acids is 1. The molecule has 2 atom stereocenters. The molecule has 0 spiro atoms. The van der Waals surface area contributed by atoms with Crippen LogP contribution in [0.3, 0.4) is 0 Å². The van der Waals surface area contributed by atoms with Gasteiger partial charge in [0.25, 0.3) is 0 Å². The standard InChI is InChI=1S/C14H24N2O4/c1-10-4-3-5-11(10)6-15-13(19)16-8-14(2,9-16)20-7-12(17)18/h10-11H,3-9H2,1-2H3,(H,15,19)(H,17,18). The first-order valence-corrected chi connectivity index (χ1v) is 7.28. The van der Waals surface area contributed by atoms with E-state index < -0.39 is 11.6 Å². The van der Waals surface area contributed by atoms with E-state index in [9.17, 15) is 9.59 Å². The van der Waals surface area contributed by atoms with Gasteiger partial charge in [0, 0.05) is 6.54 Å². The Balaban J connectivity index is 1.67. The molecule has 2 rings (SSSR count). The van der Waals surface area contributed by atoms with Crippen LogP contribution in [0.5, 0.6) is 0 Å². The molecule has 6 heteroatoms. The summed E-state index contributed by atoms with van der Waals surface area (Å²) < 4.78 is 5.28. The second-order valence-corrected chi connectivity index (χ2v) is 6.34. The van der Waals surface area contributed by atoms with E-state index in [0.29, 0.717) is 24.9 Å². The summed E-state index contributed by atoms with van der Waals surface area (Å²) in [5.74, 6) is 0.301. The fraction of sp³-hybridized carbons (Fsp3) is 0.857. The normalized spacial score (nSPS) is 28.0. The molecule has 2 N–H and O–H groups in total. The zero-order valence-corrected chi connectivity index (χ0v) is 12.2. The number of carbonyl (C=O) groups is 2. The SMILES string of the molecule is CC1CCCC1CNC(=O)N1CC(C)(OCC(=O)O)C1. The summed E-state index contributed by atoms with van der Waals surface area (Å²) in [6, 6.07) is -0.0690. The van der Waals surface area contributed by atoms with Gasteiger partial charge in [0.2, 0.25) is 0 Å². The van der Waals surface area contributed by atoms with Gasteiger partial charge in [-0.25, -0.2) is 9.59 Å². The lowest BCUT2D eigenvalue weighted by atomic mass is 9.96. The molecular formula is C14H24N2O4. The number of hydrogen-bond donors (Lipinski definition) is 2. The van der Waals surface area contributed by atoms with E-state index in [2.05, 4.69) is 12.2 Å². The molecule has 0 radical (unpaired) electrons. The Bertz CT molecular complexity index is 379. The van der Waals surface area contributed by atoms with Crippen LogP contribution in [-0.2, 0) is 9.53 Å². The first-order valence-electron chi connectivity index (χ1n) is 7.28. The van der Waals surface area contributed by atoms with Gasteiger partial charge in [-0.05, 0) is 25.2 Å². The number of urea groups is 1. The maximum Gasteiger partial charge on any atom is 0.329 e. The minimum absolute atomic E-state index is 0.0690. The van der Waals surface area contributed by atoms with Crippen LogP contribution in [0.2, 0.25) is 0 Å². The summed E-state index contributed by atoms with van der Waals surface area (Å²) in [5, 5.41) is 11.6. The highest BCUT2D eigenvalue weighted by atomic mass is 16.5. The van der Waals surface area contributed by atoms with Crippen molar-refractivity contribution in [3.63, 3.8) is 0 Å². The Labute approximate surface area is 119 Å². The van der Waals surface area contributed by atoms with Gasteiger partial charge in [-0.1, -0.05) is 19.8 Å². The van der Waals surface area contributed by atoms with Crippen molar-refractivity contribution in [2.75, 3.05) is 26.2 Å². The highest BCUT2D eigenvalue weighted by Crippen LogP contribution is 2.30. The first-order chi connectivity index (χ1) is 9.39. The summed E-state index contributed by atoms with van der Waals surface area (Å²) in [4.78, 5) is 24.1. The molecule has 114 valence electrons. The van der Waals surface area contributed by atoms with Crippen molar-refractivity contribution in [3.05, 3.63) is 0 Å². The molecule has 1 saturated carbocycles. The van der Waals surface area contributed by atoms with Gasteiger partial charge < -0.3 is 20.1 Å². The number of carboxylic acid groups (broad SMARTS) is 1. The largest absolute Gasteiger partial charge is 0.480 e. The van der Waals surface area contributed by atoms with Gasteiger partial charge in [0.1, 0.15) is 12.2 Å². The van der Waals surface area contributed by atoms with E-state index in [4.69, 9.17) is 9.84 Å². The molecule has 2 unspecified atom stereocenters. The molecule has 0 aromatic heterocycles. The lowest BCUT2D eigenvalue weighted by Gasteiger charge is -2.47. The van der Waals surface area contributed by atoms with Crippen molar-refractivity contribution in [3.8, 4) is 0 Å². The average Bonchev–Trinajstić information content (AvgIpc) is 2.75. The quantitative estimate of drug-likeness (QED) is 0.798. The van der Waals surface area contributed by atoms with Crippen molar-refractivity contribution in [2.24, 2.45) is 11.8 Å². The Hall–Kier alpha value is -1.30. The highest BCUT2D eigenvalue weighted by Gasteiger charge is 2.42. The molecule has 1 aliphatic carbocycles. The summed E-state index contributed by atoms with van der Waals surface area (Å²) in [6.07, 6.45) is 3.71. The lowest BCUT2D eigenvalue weighted by molar-refractivity contribution is -0.159. The van der Waals surface area contributed by atoms with Gasteiger partial charge >= 0.3 is 12.0 Å². The van der Waals surface area contributed by atoms with Crippen LogP contribution in [0.15, 0.2) is 0 Å². The molecule has 2 amide bonds.